The van der Waals surface area contributed by atoms with Gasteiger partial charge < -0.3 is 0 Å². The van der Waals surface area contributed by atoms with E-state index in [1.165, 1.54) is 33.9 Å². The molecule has 0 unspecified atom stereocenters. The van der Waals surface area contributed by atoms with Crippen LogP contribution in [-0.2, 0) is 17.6 Å². The molecule has 2 N–H and O–H groups in total. The van der Waals surface area contributed by atoms with Gasteiger partial charge in [-0.3, -0.25) is 30.6 Å². The first-order valence-corrected chi connectivity index (χ1v) is 9.93. The predicted molar refractivity (Wildman–Crippen MR) is 108 cm³/mol. The van der Waals surface area contributed by atoms with Crippen LogP contribution in [0.1, 0.15) is 45.4 Å². The monoisotopic (exact) mass is 399 g/mol. The summed E-state index contributed by atoms with van der Waals surface area (Å²) in [4.78, 5) is 36.5. The summed E-state index contributed by atoms with van der Waals surface area (Å²) < 4.78 is 0. The number of para-hydroxylation sites is 1. The van der Waals surface area contributed by atoms with E-state index in [4.69, 9.17) is 0 Å². The van der Waals surface area contributed by atoms with Crippen LogP contribution in [0.15, 0.2) is 36.4 Å². The highest BCUT2D eigenvalue weighted by Gasteiger charge is 2.22. The standard InChI is InChI=1S/C20H21N3O4S/c1-2-13-7-9-17-15(11-13)12-18(28-17)20(25)22-21-19(24)10-8-14-5-3-4-6-16(14)23(26)27/h3-6,8,10,12-13H,2,7,9,11H2,1H3,(H,21,24)(H,22,25)/b10-8+/t13-/m0/s1. The average molecular weight is 399 g/mol. The highest BCUT2D eigenvalue weighted by Crippen LogP contribution is 2.33. The summed E-state index contributed by atoms with van der Waals surface area (Å²) in [7, 11) is 0. The molecule has 2 amide bonds. The number of thiophene rings is 1. The van der Waals surface area contributed by atoms with E-state index in [9.17, 15) is 19.7 Å². The van der Waals surface area contributed by atoms with Crippen molar-refractivity contribution in [2.45, 2.75) is 32.6 Å². The van der Waals surface area contributed by atoms with Crippen LogP contribution in [0.3, 0.4) is 0 Å². The molecule has 1 heterocycles. The molecule has 146 valence electrons. The Bertz CT molecular complexity index is 935. The minimum absolute atomic E-state index is 0.0925. The van der Waals surface area contributed by atoms with Gasteiger partial charge in [-0.05, 0) is 49.0 Å². The van der Waals surface area contributed by atoms with Gasteiger partial charge in [-0.2, -0.15) is 0 Å². The second kappa shape index (κ2) is 8.79. The Morgan fingerprint density at radius 2 is 2.11 bits per heavy atom. The maximum atomic E-state index is 12.3. The number of carbonyl (C=O) groups is 2. The van der Waals surface area contributed by atoms with Crippen LogP contribution in [0.4, 0.5) is 5.69 Å². The van der Waals surface area contributed by atoms with Gasteiger partial charge >= 0.3 is 0 Å². The number of aryl methyl sites for hydroxylation is 1. The molecule has 0 fully saturated rings. The van der Waals surface area contributed by atoms with Crippen molar-refractivity contribution in [3.8, 4) is 0 Å². The highest BCUT2D eigenvalue weighted by atomic mass is 32.1. The lowest BCUT2D eigenvalue weighted by molar-refractivity contribution is -0.385. The molecule has 1 aromatic heterocycles. The van der Waals surface area contributed by atoms with Crippen LogP contribution in [0, 0.1) is 16.0 Å². The van der Waals surface area contributed by atoms with Crippen molar-refractivity contribution in [3.63, 3.8) is 0 Å². The van der Waals surface area contributed by atoms with E-state index in [1.807, 2.05) is 6.07 Å². The maximum absolute atomic E-state index is 12.3. The summed E-state index contributed by atoms with van der Waals surface area (Å²) >= 11 is 1.47. The number of nitrogens with one attached hydrogen (secondary N) is 2. The summed E-state index contributed by atoms with van der Waals surface area (Å²) in [5, 5.41) is 11.0. The van der Waals surface area contributed by atoms with Gasteiger partial charge in [-0.15, -0.1) is 11.3 Å². The molecule has 1 atom stereocenters. The number of carbonyl (C=O) groups excluding carboxylic acids is 2. The fourth-order valence-corrected chi connectivity index (χ4v) is 4.34. The third-order valence-corrected chi connectivity index (χ3v) is 6.07. The zero-order chi connectivity index (χ0) is 20.1. The van der Waals surface area contributed by atoms with Gasteiger partial charge in [0.25, 0.3) is 17.5 Å². The van der Waals surface area contributed by atoms with Gasteiger partial charge in [-0.25, -0.2) is 0 Å². The predicted octanol–water partition coefficient (Wildman–Crippen LogP) is 3.65. The van der Waals surface area contributed by atoms with Crippen molar-refractivity contribution in [2.75, 3.05) is 0 Å². The Morgan fingerprint density at radius 1 is 1.32 bits per heavy atom. The third-order valence-electron chi connectivity index (χ3n) is 4.83. The Kier molecular flexibility index (Phi) is 6.20. The number of amides is 2. The normalized spacial score (nSPS) is 15.8. The van der Waals surface area contributed by atoms with E-state index in [0.717, 1.165) is 31.8 Å². The van der Waals surface area contributed by atoms with Gasteiger partial charge in [0.15, 0.2) is 0 Å². The third kappa shape index (κ3) is 4.64. The number of benzene rings is 1. The number of hydrogen-bond acceptors (Lipinski definition) is 5. The molecule has 1 aliphatic carbocycles. The molecule has 7 nitrogen and oxygen atoms in total. The number of nitrogens with zero attached hydrogens (tertiary/aromatic N) is 1. The number of rotatable bonds is 5. The largest absolute Gasteiger partial charge is 0.279 e. The summed E-state index contributed by atoms with van der Waals surface area (Å²) in [5.74, 6) is -0.261. The average Bonchev–Trinajstić information content (AvgIpc) is 3.13. The first-order chi connectivity index (χ1) is 13.5. The second-order valence-corrected chi connectivity index (χ2v) is 7.81. The fourth-order valence-electron chi connectivity index (χ4n) is 3.24. The van der Waals surface area contributed by atoms with E-state index in [0.29, 0.717) is 16.4 Å². The molecule has 1 aromatic carbocycles. The van der Waals surface area contributed by atoms with Crippen molar-refractivity contribution < 1.29 is 14.5 Å². The van der Waals surface area contributed by atoms with Crippen LogP contribution in [0.5, 0.6) is 0 Å². The second-order valence-electron chi connectivity index (χ2n) is 6.67. The smallest absolute Gasteiger partial charge is 0.268 e. The molecule has 0 saturated carbocycles. The molecule has 0 bridgehead atoms. The van der Waals surface area contributed by atoms with Crippen LogP contribution in [-0.4, -0.2) is 16.7 Å². The summed E-state index contributed by atoms with van der Waals surface area (Å²) in [6.07, 6.45) is 6.77. The maximum Gasteiger partial charge on any atom is 0.279 e. The van der Waals surface area contributed by atoms with Crippen LogP contribution >= 0.6 is 11.3 Å². The van der Waals surface area contributed by atoms with E-state index in [2.05, 4.69) is 17.8 Å². The molecular formula is C20H21N3O4S. The van der Waals surface area contributed by atoms with Crippen molar-refractivity contribution in [2.24, 2.45) is 5.92 Å². The van der Waals surface area contributed by atoms with Gasteiger partial charge in [0.1, 0.15) is 0 Å². The van der Waals surface area contributed by atoms with Crippen LogP contribution in [0.2, 0.25) is 0 Å². The Labute approximate surface area is 166 Å². The summed E-state index contributed by atoms with van der Waals surface area (Å²) in [6, 6.07) is 8.01. The lowest BCUT2D eigenvalue weighted by atomic mass is 9.87. The van der Waals surface area contributed by atoms with E-state index in [-0.39, 0.29) is 11.6 Å². The molecule has 0 saturated heterocycles. The molecule has 0 spiro atoms. The minimum atomic E-state index is -0.570. The Morgan fingerprint density at radius 3 is 2.86 bits per heavy atom. The van der Waals surface area contributed by atoms with Crippen molar-refractivity contribution >= 4 is 34.9 Å². The summed E-state index contributed by atoms with van der Waals surface area (Å²) in [6.45, 7) is 2.18. The Hall–Kier alpha value is -3.00. The topological polar surface area (TPSA) is 101 Å². The first kappa shape index (κ1) is 19.8. The molecule has 0 radical (unpaired) electrons. The number of nitro groups is 1. The van der Waals surface area contributed by atoms with Gasteiger partial charge in [0.2, 0.25) is 0 Å². The molecule has 28 heavy (non-hydrogen) atoms. The van der Waals surface area contributed by atoms with Crippen molar-refractivity contribution in [1.29, 1.82) is 0 Å². The van der Waals surface area contributed by atoms with E-state index in [1.54, 1.807) is 18.2 Å². The van der Waals surface area contributed by atoms with Crippen LogP contribution in [0.25, 0.3) is 6.08 Å². The zero-order valence-electron chi connectivity index (χ0n) is 15.4. The quantitative estimate of drug-likeness (QED) is 0.455. The zero-order valence-corrected chi connectivity index (χ0v) is 16.3. The van der Waals surface area contributed by atoms with Crippen LogP contribution < -0.4 is 10.9 Å². The first-order valence-electron chi connectivity index (χ1n) is 9.11. The minimum Gasteiger partial charge on any atom is -0.268 e. The van der Waals surface area contributed by atoms with Gasteiger partial charge in [-0.1, -0.05) is 25.5 Å². The van der Waals surface area contributed by atoms with Crippen molar-refractivity contribution in [1.82, 2.24) is 10.9 Å². The molecule has 8 heteroatoms. The molecule has 2 aromatic rings. The Balaban J connectivity index is 1.57. The molecular weight excluding hydrogens is 378 g/mol. The van der Waals surface area contributed by atoms with Gasteiger partial charge in [0, 0.05) is 17.0 Å². The van der Waals surface area contributed by atoms with Gasteiger partial charge in [0.05, 0.1) is 15.4 Å². The molecule has 1 aliphatic rings. The number of hydrazine groups is 1. The lowest BCUT2D eigenvalue weighted by Crippen LogP contribution is -2.40. The number of hydrogen-bond donors (Lipinski definition) is 2. The SMILES string of the molecule is CC[C@H]1CCc2sc(C(=O)NNC(=O)/C=C/c3ccccc3[N+](=O)[O-])cc2C1. The number of nitro benzene ring substituents is 1. The molecule has 0 aliphatic heterocycles. The van der Waals surface area contributed by atoms with E-state index < -0.39 is 10.8 Å². The van der Waals surface area contributed by atoms with Crippen molar-refractivity contribution in [3.05, 3.63) is 67.4 Å². The fraction of sp³-hybridized carbons (Fsp3) is 0.300. The lowest BCUT2D eigenvalue weighted by Gasteiger charge is -2.19. The summed E-state index contributed by atoms with van der Waals surface area (Å²) in [5.41, 5.74) is 6.16. The molecule has 3 rings (SSSR count). The highest BCUT2D eigenvalue weighted by molar-refractivity contribution is 7.14. The van der Waals surface area contributed by atoms with E-state index >= 15 is 0 Å². The number of fused-ring (bicyclic) bond motifs is 1.